The summed E-state index contributed by atoms with van der Waals surface area (Å²) < 4.78 is 0. The molecule has 0 amide bonds. The Morgan fingerprint density at radius 2 is 1.47 bits per heavy atom. The summed E-state index contributed by atoms with van der Waals surface area (Å²) in [6, 6.07) is 10.1. The third-order valence-corrected chi connectivity index (χ3v) is 2.15. The fraction of sp³-hybridized carbons (Fsp3) is 0.167. The molecule has 0 radical (unpaired) electrons. The lowest BCUT2D eigenvalue weighted by Gasteiger charge is -2.09. The first-order valence-electron chi connectivity index (χ1n) is 4.82. The van der Waals surface area contributed by atoms with Gasteiger partial charge in [0, 0.05) is 32.1 Å². The van der Waals surface area contributed by atoms with Crippen molar-refractivity contribution in [3.63, 3.8) is 0 Å². The molecule has 1 heterocycles. The summed E-state index contributed by atoms with van der Waals surface area (Å²) in [6.45, 7) is 0. The molecule has 0 fully saturated rings. The normalized spacial score (nSPS) is 10.0. The summed E-state index contributed by atoms with van der Waals surface area (Å²) >= 11 is 0. The first-order chi connectivity index (χ1) is 7.27. The van der Waals surface area contributed by atoms with E-state index in [2.05, 4.69) is 9.97 Å². The molecule has 0 saturated heterocycles. The van der Waals surface area contributed by atoms with Gasteiger partial charge < -0.3 is 4.90 Å². The molecule has 0 aliphatic rings. The molecule has 0 atom stereocenters. The molecule has 0 saturated carbocycles. The molecule has 3 heteroatoms. The van der Waals surface area contributed by atoms with Crippen molar-refractivity contribution in [3.05, 3.63) is 42.7 Å². The topological polar surface area (TPSA) is 29.0 Å². The Labute approximate surface area is 89.4 Å². The first-order valence-corrected chi connectivity index (χ1v) is 4.82. The largest absolute Gasteiger partial charge is 0.347 e. The van der Waals surface area contributed by atoms with E-state index >= 15 is 0 Å². The van der Waals surface area contributed by atoms with Crippen LogP contribution >= 0.6 is 0 Å². The molecule has 1 aromatic carbocycles. The number of rotatable bonds is 2. The van der Waals surface area contributed by atoms with Gasteiger partial charge in [-0.05, 0) is 5.56 Å². The maximum atomic E-state index is 4.27. The smallest absolute Gasteiger partial charge is 0.224 e. The predicted octanol–water partition coefficient (Wildman–Crippen LogP) is 2.21. The molecule has 0 aliphatic carbocycles. The maximum absolute atomic E-state index is 4.27. The number of nitrogens with zero attached hydrogens (tertiary/aromatic N) is 3. The Kier molecular flexibility index (Phi) is 2.63. The molecular formula is C12H13N3. The summed E-state index contributed by atoms with van der Waals surface area (Å²) in [4.78, 5) is 10.4. The van der Waals surface area contributed by atoms with Gasteiger partial charge in [0.1, 0.15) is 0 Å². The molecule has 0 N–H and O–H groups in total. The van der Waals surface area contributed by atoms with Crippen LogP contribution in [0.15, 0.2) is 42.7 Å². The van der Waals surface area contributed by atoms with E-state index < -0.39 is 0 Å². The van der Waals surface area contributed by atoms with Crippen molar-refractivity contribution in [3.8, 4) is 11.1 Å². The molecule has 1 aromatic heterocycles. The third-order valence-electron chi connectivity index (χ3n) is 2.15. The summed E-state index contributed by atoms with van der Waals surface area (Å²) in [6.07, 6.45) is 3.69. The average molecular weight is 199 g/mol. The SMILES string of the molecule is CN(C)c1ncc(-c2ccccc2)cn1. The average Bonchev–Trinajstić information content (AvgIpc) is 2.30. The van der Waals surface area contributed by atoms with E-state index in [0.717, 1.165) is 17.1 Å². The van der Waals surface area contributed by atoms with Gasteiger partial charge >= 0.3 is 0 Å². The van der Waals surface area contributed by atoms with E-state index in [1.807, 2.05) is 61.7 Å². The van der Waals surface area contributed by atoms with Crippen LogP contribution in [0.3, 0.4) is 0 Å². The molecular weight excluding hydrogens is 186 g/mol. The van der Waals surface area contributed by atoms with Crippen LogP contribution in [-0.4, -0.2) is 24.1 Å². The first kappa shape index (κ1) is 9.65. The zero-order chi connectivity index (χ0) is 10.7. The lowest BCUT2D eigenvalue weighted by Crippen LogP contribution is -2.12. The fourth-order valence-electron chi connectivity index (χ4n) is 1.33. The van der Waals surface area contributed by atoms with Gasteiger partial charge in [-0.1, -0.05) is 30.3 Å². The molecule has 0 aliphatic heterocycles. The van der Waals surface area contributed by atoms with Crippen molar-refractivity contribution >= 4 is 5.95 Å². The molecule has 0 spiro atoms. The summed E-state index contributed by atoms with van der Waals surface area (Å²) in [5.41, 5.74) is 2.18. The molecule has 0 bridgehead atoms. The van der Waals surface area contributed by atoms with Gasteiger partial charge in [0.15, 0.2) is 0 Å². The molecule has 2 aromatic rings. The van der Waals surface area contributed by atoms with Gasteiger partial charge in [0.2, 0.25) is 5.95 Å². The van der Waals surface area contributed by atoms with Crippen molar-refractivity contribution in [1.29, 1.82) is 0 Å². The van der Waals surface area contributed by atoms with Crippen LogP contribution in [0.4, 0.5) is 5.95 Å². The van der Waals surface area contributed by atoms with Gasteiger partial charge in [-0.2, -0.15) is 0 Å². The van der Waals surface area contributed by atoms with E-state index in [0.29, 0.717) is 0 Å². The monoisotopic (exact) mass is 199 g/mol. The number of benzene rings is 1. The van der Waals surface area contributed by atoms with Gasteiger partial charge in [-0.15, -0.1) is 0 Å². The summed E-state index contributed by atoms with van der Waals surface area (Å²) in [5, 5.41) is 0. The van der Waals surface area contributed by atoms with Gasteiger partial charge in [-0.3, -0.25) is 0 Å². The van der Waals surface area contributed by atoms with Crippen LogP contribution in [0, 0.1) is 0 Å². The highest BCUT2D eigenvalue weighted by Gasteiger charge is 2.00. The molecule has 15 heavy (non-hydrogen) atoms. The van der Waals surface area contributed by atoms with Crippen LogP contribution in [0.2, 0.25) is 0 Å². The van der Waals surface area contributed by atoms with E-state index in [4.69, 9.17) is 0 Å². The Morgan fingerprint density at radius 3 is 2.00 bits per heavy atom. The Bertz CT molecular complexity index is 420. The van der Waals surface area contributed by atoms with Crippen LogP contribution in [-0.2, 0) is 0 Å². The van der Waals surface area contributed by atoms with Crippen LogP contribution in [0.5, 0.6) is 0 Å². The van der Waals surface area contributed by atoms with Crippen molar-refractivity contribution in [2.45, 2.75) is 0 Å². The lowest BCUT2D eigenvalue weighted by atomic mass is 10.1. The van der Waals surface area contributed by atoms with E-state index in [9.17, 15) is 0 Å². The molecule has 2 rings (SSSR count). The van der Waals surface area contributed by atoms with Crippen LogP contribution < -0.4 is 4.90 Å². The molecule has 76 valence electrons. The standard InChI is InChI=1S/C12H13N3/c1-15(2)12-13-8-11(9-14-12)10-6-4-3-5-7-10/h3-9H,1-2H3. The zero-order valence-corrected chi connectivity index (χ0v) is 8.88. The quantitative estimate of drug-likeness (QED) is 0.742. The Balaban J connectivity index is 2.32. The fourth-order valence-corrected chi connectivity index (χ4v) is 1.33. The number of aromatic nitrogens is 2. The minimum Gasteiger partial charge on any atom is -0.347 e. The highest BCUT2D eigenvalue weighted by molar-refractivity contribution is 5.61. The Hall–Kier alpha value is -1.90. The van der Waals surface area contributed by atoms with Gasteiger partial charge in [0.05, 0.1) is 0 Å². The van der Waals surface area contributed by atoms with Crippen molar-refractivity contribution < 1.29 is 0 Å². The molecule has 3 nitrogen and oxygen atoms in total. The predicted molar refractivity (Wildman–Crippen MR) is 61.8 cm³/mol. The summed E-state index contributed by atoms with van der Waals surface area (Å²) in [5.74, 6) is 0.731. The van der Waals surface area contributed by atoms with Gasteiger partial charge in [-0.25, -0.2) is 9.97 Å². The van der Waals surface area contributed by atoms with Crippen molar-refractivity contribution in [2.75, 3.05) is 19.0 Å². The third kappa shape index (κ3) is 2.13. The minimum absolute atomic E-state index is 0.731. The van der Waals surface area contributed by atoms with E-state index in [1.165, 1.54) is 0 Å². The number of hydrogen-bond acceptors (Lipinski definition) is 3. The maximum Gasteiger partial charge on any atom is 0.224 e. The Morgan fingerprint density at radius 1 is 0.867 bits per heavy atom. The van der Waals surface area contributed by atoms with Crippen LogP contribution in [0.25, 0.3) is 11.1 Å². The van der Waals surface area contributed by atoms with Gasteiger partial charge in [0.25, 0.3) is 0 Å². The van der Waals surface area contributed by atoms with E-state index in [1.54, 1.807) is 0 Å². The zero-order valence-electron chi connectivity index (χ0n) is 8.88. The minimum atomic E-state index is 0.731. The second-order valence-electron chi connectivity index (χ2n) is 3.53. The number of anilines is 1. The van der Waals surface area contributed by atoms with Crippen LogP contribution in [0.1, 0.15) is 0 Å². The van der Waals surface area contributed by atoms with Crippen molar-refractivity contribution in [2.24, 2.45) is 0 Å². The second kappa shape index (κ2) is 4.09. The second-order valence-corrected chi connectivity index (χ2v) is 3.53. The van der Waals surface area contributed by atoms with Crippen molar-refractivity contribution in [1.82, 2.24) is 9.97 Å². The molecule has 0 unspecified atom stereocenters. The highest BCUT2D eigenvalue weighted by Crippen LogP contribution is 2.17. The van der Waals surface area contributed by atoms with E-state index in [-0.39, 0.29) is 0 Å². The number of hydrogen-bond donors (Lipinski definition) is 0. The highest BCUT2D eigenvalue weighted by atomic mass is 15.2. The summed E-state index contributed by atoms with van der Waals surface area (Å²) in [7, 11) is 3.86. The lowest BCUT2D eigenvalue weighted by molar-refractivity contribution is 1.000.